The van der Waals surface area contributed by atoms with Crippen LogP contribution in [-0.4, -0.2) is 60.6 Å². The van der Waals surface area contributed by atoms with Gasteiger partial charge in [0.05, 0.1) is 32.7 Å². The number of ether oxygens (including phenoxy) is 4. The SMILES string of the molecule is COC(=O)CCC(=O)O[C@H]1CCC2(C)C(CCC3C2C(=O)[C@@H](O)C2(C)C3CC3OC4(CCC(C)CO4)[C@@H](C)C32)C1. The Labute approximate surface area is 238 Å². The molecule has 8 heteroatoms. The van der Waals surface area contributed by atoms with Crippen LogP contribution in [0.2, 0.25) is 0 Å². The van der Waals surface area contributed by atoms with E-state index in [0.29, 0.717) is 18.9 Å². The van der Waals surface area contributed by atoms with Crippen molar-refractivity contribution in [1.82, 2.24) is 0 Å². The number of methoxy groups -OCH3 is 1. The molecule has 6 fully saturated rings. The number of carbonyl (C=O) groups is 3. The van der Waals surface area contributed by atoms with Gasteiger partial charge in [0.15, 0.2) is 11.6 Å². The van der Waals surface area contributed by atoms with Crippen molar-refractivity contribution in [3.05, 3.63) is 0 Å². The van der Waals surface area contributed by atoms with E-state index in [1.807, 2.05) is 0 Å². The van der Waals surface area contributed by atoms with Crippen molar-refractivity contribution >= 4 is 17.7 Å². The first kappa shape index (κ1) is 28.6. The molecule has 1 spiro atoms. The number of ketones is 1. The van der Waals surface area contributed by atoms with Crippen molar-refractivity contribution < 1.29 is 38.4 Å². The highest BCUT2D eigenvalue weighted by molar-refractivity contribution is 5.88. The van der Waals surface area contributed by atoms with E-state index in [4.69, 9.17) is 14.2 Å². The Balaban J connectivity index is 1.18. The quantitative estimate of drug-likeness (QED) is 0.503. The van der Waals surface area contributed by atoms with E-state index in [1.54, 1.807) is 0 Å². The molecule has 4 saturated carbocycles. The van der Waals surface area contributed by atoms with Gasteiger partial charge in [-0.1, -0.05) is 27.7 Å². The second-order valence-electron chi connectivity index (χ2n) is 14.6. The normalized spacial score (nSPS) is 51.4. The monoisotopic (exact) mass is 560 g/mol. The van der Waals surface area contributed by atoms with Gasteiger partial charge in [-0.05, 0) is 74.0 Å². The summed E-state index contributed by atoms with van der Waals surface area (Å²) in [6.45, 7) is 9.57. The van der Waals surface area contributed by atoms with Crippen LogP contribution in [0.25, 0.3) is 0 Å². The Kier molecular flexibility index (Phi) is 7.18. The van der Waals surface area contributed by atoms with E-state index in [2.05, 4.69) is 32.4 Å². The summed E-state index contributed by atoms with van der Waals surface area (Å²) in [6, 6.07) is 0. The number of hydrogen-bond donors (Lipinski definition) is 1. The van der Waals surface area contributed by atoms with Crippen LogP contribution in [0.1, 0.15) is 91.9 Å². The van der Waals surface area contributed by atoms with Gasteiger partial charge < -0.3 is 24.1 Å². The molecular weight excluding hydrogens is 512 g/mol. The van der Waals surface area contributed by atoms with Gasteiger partial charge >= 0.3 is 11.9 Å². The Morgan fingerprint density at radius 1 is 1.02 bits per heavy atom. The number of fused-ring (bicyclic) bond motifs is 7. The number of aliphatic hydroxyl groups is 1. The molecule has 0 aromatic rings. The number of rotatable bonds is 4. The van der Waals surface area contributed by atoms with Crippen LogP contribution < -0.4 is 0 Å². The summed E-state index contributed by atoms with van der Waals surface area (Å²) in [5.74, 6) is 0.00774. The third-order valence-corrected chi connectivity index (χ3v) is 12.8. The van der Waals surface area contributed by atoms with Crippen LogP contribution >= 0.6 is 0 Å². The van der Waals surface area contributed by atoms with Crippen LogP contribution in [0.15, 0.2) is 0 Å². The molecule has 2 saturated heterocycles. The number of hydrogen-bond acceptors (Lipinski definition) is 8. The summed E-state index contributed by atoms with van der Waals surface area (Å²) < 4.78 is 23.6. The smallest absolute Gasteiger partial charge is 0.306 e. The summed E-state index contributed by atoms with van der Waals surface area (Å²) in [7, 11) is 1.31. The summed E-state index contributed by atoms with van der Waals surface area (Å²) in [5.41, 5.74) is -0.723. The van der Waals surface area contributed by atoms with E-state index in [0.717, 1.165) is 44.9 Å². The third-order valence-electron chi connectivity index (χ3n) is 12.8. The van der Waals surface area contributed by atoms with E-state index < -0.39 is 23.3 Å². The van der Waals surface area contributed by atoms with Crippen LogP contribution in [0.3, 0.4) is 0 Å². The first-order chi connectivity index (χ1) is 18.9. The molecule has 0 amide bonds. The minimum atomic E-state index is -0.998. The molecule has 224 valence electrons. The first-order valence-corrected chi connectivity index (χ1v) is 15.7. The number of aliphatic hydroxyl groups excluding tert-OH is 1. The number of Topliss-reactive ketones (excluding diaryl/α,β-unsaturated/α-hetero) is 1. The van der Waals surface area contributed by atoms with Gasteiger partial charge in [0.25, 0.3) is 0 Å². The van der Waals surface area contributed by atoms with Crippen molar-refractivity contribution in [3.8, 4) is 0 Å². The van der Waals surface area contributed by atoms with Crippen molar-refractivity contribution in [2.24, 2.45) is 52.3 Å². The summed E-state index contributed by atoms with van der Waals surface area (Å²) in [6.07, 6.45) is 5.92. The van der Waals surface area contributed by atoms with E-state index in [-0.39, 0.29) is 77.7 Å². The van der Waals surface area contributed by atoms with Crippen molar-refractivity contribution in [3.63, 3.8) is 0 Å². The molecule has 4 aliphatic carbocycles. The molecule has 0 radical (unpaired) electrons. The van der Waals surface area contributed by atoms with E-state index in [1.165, 1.54) is 7.11 Å². The average Bonchev–Trinajstić information content (AvgIpc) is 3.38. The molecule has 0 bridgehead atoms. The van der Waals surface area contributed by atoms with E-state index >= 15 is 0 Å². The molecule has 40 heavy (non-hydrogen) atoms. The largest absolute Gasteiger partial charge is 0.469 e. The van der Waals surface area contributed by atoms with Gasteiger partial charge in [-0.25, -0.2) is 0 Å². The zero-order chi connectivity index (χ0) is 28.6. The van der Waals surface area contributed by atoms with Gasteiger partial charge in [0.2, 0.25) is 0 Å². The lowest BCUT2D eigenvalue weighted by molar-refractivity contribution is -0.273. The topological polar surface area (TPSA) is 108 Å². The number of carbonyl (C=O) groups excluding carboxylic acids is 3. The van der Waals surface area contributed by atoms with Gasteiger partial charge in [-0.15, -0.1) is 0 Å². The highest BCUT2D eigenvalue weighted by atomic mass is 16.7. The predicted octanol–water partition coefficient (Wildman–Crippen LogP) is 4.45. The van der Waals surface area contributed by atoms with Crippen molar-refractivity contribution in [2.75, 3.05) is 13.7 Å². The molecule has 6 rings (SSSR count). The lowest BCUT2D eigenvalue weighted by atomic mass is 9.43. The molecule has 6 aliphatic rings. The lowest BCUT2D eigenvalue weighted by Gasteiger charge is -2.61. The molecule has 1 N–H and O–H groups in total. The van der Waals surface area contributed by atoms with Crippen molar-refractivity contribution in [1.29, 1.82) is 0 Å². The molecule has 0 aromatic carbocycles. The fraction of sp³-hybridized carbons (Fsp3) is 0.906. The molecular formula is C32H48O8. The zero-order valence-electron chi connectivity index (χ0n) is 24.9. The average molecular weight is 561 g/mol. The molecule has 8 nitrogen and oxygen atoms in total. The Morgan fingerprint density at radius 2 is 1.77 bits per heavy atom. The minimum absolute atomic E-state index is 0.0188. The highest BCUT2D eigenvalue weighted by Crippen LogP contribution is 2.70. The molecule has 0 aromatic heterocycles. The van der Waals surface area contributed by atoms with Crippen LogP contribution in [0.5, 0.6) is 0 Å². The number of esters is 2. The van der Waals surface area contributed by atoms with Crippen LogP contribution in [0.4, 0.5) is 0 Å². The second kappa shape index (κ2) is 10.0. The molecule has 10 unspecified atom stereocenters. The Bertz CT molecular complexity index is 1030. The summed E-state index contributed by atoms with van der Waals surface area (Å²) in [4.78, 5) is 38.0. The Morgan fingerprint density at radius 3 is 2.48 bits per heavy atom. The maximum absolute atomic E-state index is 14.3. The highest BCUT2D eigenvalue weighted by Gasteiger charge is 2.73. The third kappa shape index (κ3) is 4.13. The predicted molar refractivity (Wildman–Crippen MR) is 145 cm³/mol. The van der Waals surface area contributed by atoms with Crippen LogP contribution in [0, 0.1) is 52.3 Å². The first-order valence-electron chi connectivity index (χ1n) is 15.7. The van der Waals surface area contributed by atoms with Crippen molar-refractivity contribution in [2.45, 2.75) is 116 Å². The lowest BCUT2D eigenvalue weighted by Crippen LogP contribution is -2.64. The van der Waals surface area contributed by atoms with Gasteiger partial charge in [0.1, 0.15) is 12.2 Å². The second-order valence-corrected chi connectivity index (χ2v) is 14.6. The molecule has 2 heterocycles. The van der Waals surface area contributed by atoms with E-state index in [9.17, 15) is 19.5 Å². The maximum atomic E-state index is 14.3. The molecule has 2 aliphatic heterocycles. The maximum Gasteiger partial charge on any atom is 0.306 e. The standard InChI is InChI=1S/C32H48O8/c1-17-10-13-32(38-16-17)18(2)26-23(40-32)15-22-21-7-6-19-14-20(39-25(34)9-8-24(33)37-5)11-12-30(19,3)27(21)28(35)29(36)31(22,26)4/h17-23,26-27,29,36H,6-16H2,1-5H3/t17?,18-,19?,20-,21?,22?,23?,26?,27?,29+,30?,31?,32?/m0/s1. The summed E-state index contributed by atoms with van der Waals surface area (Å²) >= 11 is 0. The van der Waals surface area contributed by atoms with Gasteiger partial charge in [-0.3, -0.25) is 14.4 Å². The molecule has 13 atom stereocenters. The summed E-state index contributed by atoms with van der Waals surface area (Å²) in [5, 5.41) is 11.9. The minimum Gasteiger partial charge on any atom is -0.469 e. The van der Waals surface area contributed by atoms with Crippen LogP contribution in [-0.2, 0) is 33.3 Å². The fourth-order valence-corrected chi connectivity index (χ4v) is 10.7. The fourth-order valence-electron chi connectivity index (χ4n) is 10.7. The zero-order valence-corrected chi connectivity index (χ0v) is 24.9. The Hall–Kier alpha value is -1.51. The van der Waals surface area contributed by atoms with Gasteiger partial charge in [0, 0.05) is 29.6 Å². The van der Waals surface area contributed by atoms with Gasteiger partial charge in [-0.2, -0.15) is 0 Å².